The number of hydrogen-bond acceptors (Lipinski definition) is 3. The van der Waals surface area contributed by atoms with Crippen LogP contribution in [-0.4, -0.2) is 11.6 Å². The van der Waals surface area contributed by atoms with Crippen LogP contribution < -0.4 is 10.5 Å². The van der Waals surface area contributed by atoms with E-state index in [-0.39, 0.29) is 0 Å². The van der Waals surface area contributed by atoms with E-state index in [1.54, 1.807) is 6.20 Å². The zero-order chi connectivity index (χ0) is 13.5. The lowest BCUT2D eigenvalue weighted by molar-refractivity contribution is 0.296. The molecule has 0 fully saturated rings. The van der Waals surface area contributed by atoms with E-state index in [2.05, 4.69) is 45.2 Å². The molecular weight excluding hydrogens is 304 g/mol. The van der Waals surface area contributed by atoms with Crippen molar-refractivity contribution in [3.63, 3.8) is 0 Å². The predicted molar refractivity (Wildman–Crippen MR) is 80.1 cm³/mol. The fourth-order valence-corrected chi connectivity index (χ4v) is 2.21. The van der Waals surface area contributed by atoms with Gasteiger partial charge in [0.25, 0.3) is 0 Å². The third kappa shape index (κ3) is 4.33. The smallest absolute Gasteiger partial charge is 0.217 e. The average Bonchev–Trinajstić information content (AvgIpc) is 2.46. The maximum Gasteiger partial charge on any atom is 0.217 e. The minimum atomic E-state index is 0.431. The molecule has 0 unspecified atom stereocenters. The molecule has 0 saturated carbocycles. The Morgan fingerprint density at radius 1 is 1.21 bits per heavy atom. The largest absolute Gasteiger partial charge is 0.477 e. The summed E-state index contributed by atoms with van der Waals surface area (Å²) in [6.45, 7) is 1.08. The molecule has 0 amide bonds. The Morgan fingerprint density at radius 2 is 2.00 bits per heavy atom. The molecule has 3 nitrogen and oxygen atoms in total. The Balaban J connectivity index is 1.83. The van der Waals surface area contributed by atoms with Crippen molar-refractivity contribution >= 4 is 15.9 Å². The van der Waals surface area contributed by atoms with Crippen LogP contribution in [0.2, 0.25) is 0 Å². The molecule has 0 aliphatic heterocycles. The summed E-state index contributed by atoms with van der Waals surface area (Å²) in [5.41, 5.74) is 7.93. The van der Waals surface area contributed by atoms with Crippen LogP contribution in [0.1, 0.15) is 17.5 Å². The molecule has 0 spiro atoms. The monoisotopic (exact) mass is 320 g/mol. The van der Waals surface area contributed by atoms with Gasteiger partial charge in [-0.05, 0) is 40.4 Å². The highest BCUT2D eigenvalue weighted by atomic mass is 79.9. The summed E-state index contributed by atoms with van der Waals surface area (Å²) >= 11 is 3.38. The number of aromatic nitrogens is 1. The quantitative estimate of drug-likeness (QED) is 0.831. The molecule has 0 atom stereocenters. The molecule has 2 aromatic rings. The SMILES string of the molecule is NCc1cc(Br)cnc1OCCCc1ccccc1. The average molecular weight is 321 g/mol. The van der Waals surface area contributed by atoms with E-state index in [0.29, 0.717) is 19.0 Å². The van der Waals surface area contributed by atoms with E-state index in [4.69, 9.17) is 10.5 Å². The molecule has 0 aliphatic carbocycles. The van der Waals surface area contributed by atoms with Crippen LogP contribution in [0, 0.1) is 0 Å². The van der Waals surface area contributed by atoms with E-state index in [0.717, 1.165) is 22.9 Å². The number of aryl methyl sites for hydroxylation is 1. The lowest BCUT2D eigenvalue weighted by Crippen LogP contribution is -2.06. The first-order valence-electron chi connectivity index (χ1n) is 6.31. The second-order valence-corrected chi connectivity index (χ2v) is 5.18. The molecule has 0 aliphatic rings. The summed E-state index contributed by atoms with van der Waals surface area (Å²) in [5, 5.41) is 0. The van der Waals surface area contributed by atoms with E-state index < -0.39 is 0 Å². The van der Waals surface area contributed by atoms with Gasteiger partial charge in [0, 0.05) is 22.8 Å². The first-order valence-corrected chi connectivity index (χ1v) is 7.10. The Labute approximate surface area is 121 Å². The molecule has 0 saturated heterocycles. The molecule has 0 bridgehead atoms. The zero-order valence-electron chi connectivity index (χ0n) is 10.7. The molecule has 1 aromatic carbocycles. The lowest BCUT2D eigenvalue weighted by Gasteiger charge is -2.09. The second-order valence-electron chi connectivity index (χ2n) is 4.26. The van der Waals surface area contributed by atoms with Crippen molar-refractivity contribution in [2.24, 2.45) is 5.73 Å². The minimum Gasteiger partial charge on any atom is -0.477 e. The normalized spacial score (nSPS) is 10.4. The van der Waals surface area contributed by atoms with Crippen molar-refractivity contribution in [3.05, 3.63) is 58.2 Å². The highest BCUT2D eigenvalue weighted by Crippen LogP contribution is 2.19. The van der Waals surface area contributed by atoms with E-state index in [1.807, 2.05) is 12.1 Å². The van der Waals surface area contributed by atoms with Crippen LogP contribution >= 0.6 is 15.9 Å². The highest BCUT2D eigenvalue weighted by molar-refractivity contribution is 9.10. The first-order chi connectivity index (χ1) is 9.29. The third-order valence-corrected chi connectivity index (χ3v) is 3.24. The van der Waals surface area contributed by atoms with E-state index in [9.17, 15) is 0 Å². The first kappa shape index (κ1) is 14.0. The molecule has 1 heterocycles. The number of ether oxygens (including phenoxy) is 1. The molecule has 1 aromatic heterocycles. The standard InChI is InChI=1S/C15H17BrN2O/c16-14-9-13(10-17)15(18-11-14)19-8-4-7-12-5-2-1-3-6-12/h1-3,5-6,9,11H,4,7-8,10,17H2. The summed E-state index contributed by atoms with van der Waals surface area (Å²) < 4.78 is 6.61. The molecule has 0 radical (unpaired) electrons. The van der Waals surface area contributed by atoms with Gasteiger partial charge in [0.15, 0.2) is 0 Å². The summed E-state index contributed by atoms with van der Waals surface area (Å²) in [6, 6.07) is 12.3. The summed E-state index contributed by atoms with van der Waals surface area (Å²) in [6.07, 6.45) is 3.70. The van der Waals surface area contributed by atoms with Gasteiger partial charge in [0.05, 0.1) is 6.61 Å². The maximum absolute atomic E-state index is 5.69. The van der Waals surface area contributed by atoms with Gasteiger partial charge in [-0.15, -0.1) is 0 Å². The van der Waals surface area contributed by atoms with Crippen molar-refractivity contribution < 1.29 is 4.74 Å². The minimum absolute atomic E-state index is 0.431. The van der Waals surface area contributed by atoms with Gasteiger partial charge >= 0.3 is 0 Å². The Hall–Kier alpha value is -1.39. The van der Waals surface area contributed by atoms with Crippen LogP contribution in [-0.2, 0) is 13.0 Å². The number of halogens is 1. The highest BCUT2D eigenvalue weighted by Gasteiger charge is 2.04. The topological polar surface area (TPSA) is 48.1 Å². The third-order valence-electron chi connectivity index (χ3n) is 2.80. The second kappa shape index (κ2) is 7.26. The van der Waals surface area contributed by atoms with Gasteiger partial charge in [-0.3, -0.25) is 0 Å². The molecule has 2 rings (SSSR count). The van der Waals surface area contributed by atoms with Gasteiger partial charge in [-0.25, -0.2) is 4.98 Å². The van der Waals surface area contributed by atoms with Gasteiger partial charge in [-0.1, -0.05) is 30.3 Å². The number of rotatable bonds is 6. The predicted octanol–water partition coefficient (Wildman–Crippen LogP) is 3.31. The van der Waals surface area contributed by atoms with Crippen molar-refractivity contribution in [3.8, 4) is 5.88 Å². The fraction of sp³-hybridized carbons (Fsp3) is 0.267. The van der Waals surface area contributed by atoms with Crippen molar-refractivity contribution in [1.82, 2.24) is 4.98 Å². The van der Waals surface area contributed by atoms with Crippen LogP contribution in [0.4, 0.5) is 0 Å². The van der Waals surface area contributed by atoms with Crippen molar-refractivity contribution in [2.75, 3.05) is 6.61 Å². The van der Waals surface area contributed by atoms with Crippen LogP contribution in [0.25, 0.3) is 0 Å². The van der Waals surface area contributed by atoms with Gasteiger partial charge < -0.3 is 10.5 Å². The summed E-state index contributed by atoms with van der Waals surface area (Å²) in [7, 11) is 0. The van der Waals surface area contributed by atoms with Gasteiger partial charge in [0.2, 0.25) is 5.88 Å². The number of nitrogens with two attached hydrogens (primary N) is 1. The van der Waals surface area contributed by atoms with E-state index >= 15 is 0 Å². The molecule has 100 valence electrons. The number of pyridine rings is 1. The molecular formula is C15H17BrN2O. The summed E-state index contributed by atoms with van der Waals surface area (Å²) in [5.74, 6) is 0.638. The Kier molecular flexibility index (Phi) is 5.36. The van der Waals surface area contributed by atoms with Crippen molar-refractivity contribution in [1.29, 1.82) is 0 Å². The number of benzene rings is 1. The van der Waals surface area contributed by atoms with E-state index in [1.165, 1.54) is 5.56 Å². The Morgan fingerprint density at radius 3 is 2.74 bits per heavy atom. The van der Waals surface area contributed by atoms with Gasteiger partial charge in [0.1, 0.15) is 0 Å². The zero-order valence-corrected chi connectivity index (χ0v) is 12.3. The maximum atomic E-state index is 5.69. The molecule has 4 heteroatoms. The fourth-order valence-electron chi connectivity index (χ4n) is 1.83. The summed E-state index contributed by atoms with van der Waals surface area (Å²) in [4.78, 5) is 4.24. The lowest BCUT2D eigenvalue weighted by atomic mass is 10.1. The van der Waals surface area contributed by atoms with Crippen LogP contribution in [0.5, 0.6) is 5.88 Å². The van der Waals surface area contributed by atoms with Crippen LogP contribution in [0.15, 0.2) is 47.1 Å². The Bertz CT molecular complexity index is 517. The number of hydrogen-bond donors (Lipinski definition) is 1. The van der Waals surface area contributed by atoms with Gasteiger partial charge in [-0.2, -0.15) is 0 Å². The molecule has 19 heavy (non-hydrogen) atoms. The van der Waals surface area contributed by atoms with Crippen molar-refractivity contribution in [2.45, 2.75) is 19.4 Å². The molecule has 2 N–H and O–H groups in total. The van der Waals surface area contributed by atoms with Crippen LogP contribution in [0.3, 0.4) is 0 Å². The number of nitrogens with zero attached hydrogens (tertiary/aromatic N) is 1.